The lowest BCUT2D eigenvalue weighted by Crippen LogP contribution is -2.12. The Morgan fingerprint density at radius 3 is 2.59 bits per heavy atom. The predicted molar refractivity (Wildman–Crippen MR) is 107 cm³/mol. The van der Waals surface area contributed by atoms with Crippen molar-refractivity contribution in [3.05, 3.63) is 42.1 Å². The van der Waals surface area contributed by atoms with Crippen molar-refractivity contribution in [2.24, 2.45) is 12.2 Å². The normalized spacial score (nSPS) is 11.7. The number of hydrogen-bond donors (Lipinski definition) is 3. The standard InChI is InChI=1S/C18H24N6O2S/c1-3-4-9-20-17-10-16(15-12-22-24(2)18(15)23-17)21-11-13-5-7-14(8-6-13)27(19,25)26/h5-8,10,12H,3-4,9,11H2,1-2H3,(H2,19,25,26)(H2,20,21,23). The van der Waals surface area contributed by atoms with E-state index < -0.39 is 10.0 Å². The molecule has 0 saturated heterocycles. The minimum Gasteiger partial charge on any atom is -0.380 e. The van der Waals surface area contributed by atoms with Crippen LogP contribution in [0.2, 0.25) is 0 Å². The van der Waals surface area contributed by atoms with Gasteiger partial charge < -0.3 is 10.6 Å². The van der Waals surface area contributed by atoms with Gasteiger partial charge in [0.25, 0.3) is 0 Å². The number of aromatic nitrogens is 3. The Bertz CT molecular complexity index is 1030. The fraction of sp³-hybridized carbons (Fsp3) is 0.333. The van der Waals surface area contributed by atoms with E-state index in [2.05, 4.69) is 27.6 Å². The first-order valence-corrected chi connectivity index (χ1v) is 10.4. The Morgan fingerprint density at radius 2 is 1.93 bits per heavy atom. The number of benzene rings is 1. The Balaban J connectivity index is 1.81. The van der Waals surface area contributed by atoms with Crippen LogP contribution in [0.15, 0.2) is 41.4 Å². The second-order valence-corrected chi connectivity index (χ2v) is 7.94. The Labute approximate surface area is 158 Å². The van der Waals surface area contributed by atoms with Gasteiger partial charge in [-0.3, -0.25) is 4.68 Å². The third kappa shape index (κ3) is 4.55. The van der Waals surface area contributed by atoms with E-state index in [-0.39, 0.29) is 4.90 Å². The van der Waals surface area contributed by atoms with Crippen molar-refractivity contribution in [2.45, 2.75) is 31.2 Å². The average Bonchev–Trinajstić information content (AvgIpc) is 3.01. The minimum absolute atomic E-state index is 0.104. The van der Waals surface area contributed by atoms with Gasteiger partial charge in [-0.2, -0.15) is 5.10 Å². The first kappa shape index (κ1) is 19.1. The molecule has 144 valence electrons. The number of nitrogens with two attached hydrogens (primary N) is 1. The molecule has 0 fully saturated rings. The zero-order valence-electron chi connectivity index (χ0n) is 15.4. The van der Waals surface area contributed by atoms with E-state index in [1.807, 2.05) is 13.1 Å². The zero-order chi connectivity index (χ0) is 19.4. The molecule has 0 radical (unpaired) electrons. The zero-order valence-corrected chi connectivity index (χ0v) is 16.3. The summed E-state index contributed by atoms with van der Waals surface area (Å²) in [4.78, 5) is 4.73. The Kier molecular flexibility index (Phi) is 5.62. The molecule has 0 aliphatic heterocycles. The first-order chi connectivity index (χ1) is 12.9. The van der Waals surface area contributed by atoms with Gasteiger partial charge in [-0.25, -0.2) is 18.5 Å². The lowest BCUT2D eigenvalue weighted by Gasteiger charge is -2.12. The Morgan fingerprint density at radius 1 is 1.19 bits per heavy atom. The van der Waals surface area contributed by atoms with E-state index in [1.165, 1.54) is 12.1 Å². The van der Waals surface area contributed by atoms with Crippen LogP contribution in [0.5, 0.6) is 0 Å². The fourth-order valence-electron chi connectivity index (χ4n) is 2.74. The third-order valence-corrected chi connectivity index (χ3v) is 5.21. The summed E-state index contributed by atoms with van der Waals surface area (Å²) in [6.45, 7) is 3.54. The number of unbranched alkanes of at least 4 members (excludes halogenated alkanes) is 1. The van der Waals surface area contributed by atoms with Gasteiger partial charge in [0.2, 0.25) is 10.0 Å². The van der Waals surface area contributed by atoms with E-state index in [9.17, 15) is 8.42 Å². The highest BCUT2D eigenvalue weighted by Crippen LogP contribution is 2.25. The van der Waals surface area contributed by atoms with Gasteiger partial charge in [-0.1, -0.05) is 25.5 Å². The molecule has 0 unspecified atom stereocenters. The number of nitrogens with one attached hydrogen (secondary N) is 2. The van der Waals surface area contributed by atoms with E-state index in [0.717, 1.165) is 47.5 Å². The molecule has 0 saturated carbocycles. The summed E-state index contributed by atoms with van der Waals surface area (Å²) in [7, 11) is -1.82. The predicted octanol–water partition coefficient (Wildman–Crippen LogP) is 2.44. The minimum atomic E-state index is -3.68. The third-order valence-electron chi connectivity index (χ3n) is 4.28. The molecule has 2 aromatic heterocycles. The van der Waals surface area contributed by atoms with Crippen molar-refractivity contribution in [1.29, 1.82) is 0 Å². The van der Waals surface area contributed by atoms with Crippen LogP contribution in [0, 0.1) is 0 Å². The molecule has 27 heavy (non-hydrogen) atoms. The molecule has 0 spiro atoms. The summed E-state index contributed by atoms with van der Waals surface area (Å²) in [5.41, 5.74) is 2.66. The van der Waals surface area contributed by atoms with Crippen LogP contribution < -0.4 is 15.8 Å². The molecular formula is C18H24N6O2S. The highest BCUT2D eigenvalue weighted by Gasteiger charge is 2.11. The number of nitrogens with zero attached hydrogens (tertiary/aromatic N) is 3. The van der Waals surface area contributed by atoms with Gasteiger partial charge in [-0.05, 0) is 24.1 Å². The number of rotatable bonds is 8. The molecule has 1 aromatic carbocycles. The number of primary sulfonamides is 1. The monoisotopic (exact) mass is 388 g/mol. The van der Waals surface area contributed by atoms with Crippen LogP contribution in [-0.4, -0.2) is 29.7 Å². The number of pyridine rings is 1. The van der Waals surface area contributed by atoms with Crippen LogP contribution in [0.4, 0.5) is 11.5 Å². The number of aryl methyl sites for hydroxylation is 1. The molecule has 0 atom stereocenters. The first-order valence-electron chi connectivity index (χ1n) is 8.80. The molecule has 9 heteroatoms. The lowest BCUT2D eigenvalue weighted by molar-refractivity contribution is 0.598. The Hall–Kier alpha value is -2.65. The van der Waals surface area contributed by atoms with Gasteiger partial charge in [0.1, 0.15) is 5.82 Å². The number of sulfonamides is 1. The lowest BCUT2D eigenvalue weighted by atomic mass is 10.2. The number of hydrogen-bond acceptors (Lipinski definition) is 6. The van der Waals surface area contributed by atoms with Crippen LogP contribution >= 0.6 is 0 Å². The largest absolute Gasteiger partial charge is 0.380 e. The van der Waals surface area contributed by atoms with Crippen molar-refractivity contribution >= 4 is 32.6 Å². The van der Waals surface area contributed by atoms with Crippen molar-refractivity contribution in [2.75, 3.05) is 17.2 Å². The summed E-state index contributed by atoms with van der Waals surface area (Å²) in [5.74, 6) is 0.798. The van der Waals surface area contributed by atoms with Crippen molar-refractivity contribution in [1.82, 2.24) is 14.8 Å². The summed E-state index contributed by atoms with van der Waals surface area (Å²) >= 11 is 0. The highest BCUT2D eigenvalue weighted by molar-refractivity contribution is 7.89. The molecule has 0 aliphatic rings. The molecular weight excluding hydrogens is 364 g/mol. The molecule has 0 bridgehead atoms. The van der Waals surface area contributed by atoms with E-state index >= 15 is 0 Å². The smallest absolute Gasteiger partial charge is 0.238 e. The molecule has 0 amide bonds. The second-order valence-electron chi connectivity index (χ2n) is 6.38. The van der Waals surface area contributed by atoms with Gasteiger partial charge in [0.15, 0.2) is 5.65 Å². The fourth-order valence-corrected chi connectivity index (χ4v) is 3.25. The molecule has 0 aliphatic carbocycles. The highest BCUT2D eigenvalue weighted by atomic mass is 32.2. The number of anilines is 2. The maximum atomic E-state index is 11.4. The maximum Gasteiger partial charge on any atom is 0.238 e. The summed E-state index contributed by atoms with van der Waals surface area (Å²) in [6.07, 6.45) is 3.97. The van der Waals surface area contributed by atoms with Gasteiger partial charge in [0, 0.05) is 26.2 Å². The van der Waals surface area contributed by atoms with Gasteiger partial charge in [0.05, 0.1) is 22.2 Å². The average molecular weight is 388 g/mol. The summed E-state index contributed by atoms with van der Waals surface area (Å²) in [5, 5.41) is 17.1. The van der Waals surface area contributed by atoms with Crippen LogP contribution in [0.1, 0.15) is 25.3 Å². The number of fused-ring (bicyclic) bond motifs is 1. The topological polar surface area (TPSA) is 115 Å². The van der Waals surface area contributed by atoms with Gasteiger partial charge >= 0.3 is 0 Å². The van der Waals surface area contributed by atoms with Gasteiger partial charge in [-0.15, -0.1) is 0 Å². The molecule has 8 nitrogen and oxygen atoms in total. The van der Waals surface area contributed by atoms with E-state index in [1.54, 1.807) is 23.0 Å². The summed E-state index contributed by atoms with van der Waals surface area (Å²) < 4.78 is 24.5. The maximum absolute atomic E-state index is 11.4. The van der Waals surface area contributed by atoms with Crippen LogP contribution in [0.3, 0.4) is 0 Å². The van der Waals surface area contributed by atoms with E-state index in [4.69, 9.17) is 5.14 Å². The quantitative estimate of drug-likeness (QED) is 0.511. The molecule has 3 aromatic rings. The van der Waals surface area contributed by atoms with Crippen LogP contribution in [-0.2, 0) is 23.6 Å². The molecule has 2 heterocycles. The summed E-state index contributed by atoms with van der Waals surface area (Å²) in [6, 6.07) is 8.48. The molecule has 4 N–H and O–H groups in total. The molecule has 3 rings (SSSR count). The SMILES string of the molecule is CCCCNc1cc(NCc2ccc(S(N)(=O)=O)cc2)c2cnn(C)c2n1. The van der Waals surface area contributed by atoms with Crippen molar-refractivity contribution < 1.29 is 8.42 Å². The van der Waals surface area contributed by atoms with Crippen LogP contribution in [0.25, 0.3) is 11.0 Å². The van der Waals surface area contributed by atoms with Crippen molar-refractivity contribution in [3.63, 3.8) is 0 Å². The van der Waals surface area contributed by atoms with E-state index in [0.29, 0.717) is 6.54 Å². The second kappa shape index (κ2) is 7.93. The van der Waals surface area contributed by atoms with Crippen molar-refractivity contribution in [3.8, 4) is 0 Å².